The summed E-state index contributed by atoms with van der Waals surface area (Å²) in [6, 6.07) is 4.43. The third-order valence-corrected chi connectivity index (χ3v) is 5.93. The van der Waals surface area contributed by atoms with Gasteiger partial charge in [-0.1, -0.05) is 29.3 Å². The van der Waals surface area contributed by atoms with Crippen LogP contribution >= 0.6 is 11.6 Å². The number of aromatic hydroxyl groups is 1. The molecule has 2 nitrogen and oxygen atoms in total. The zero-order chi connectivity index (χ0) is 15.3. The molecule has 2 atom stereocenters. The van der Waals surface area contributed by atoms with Crippen molar-refractivity contribution in [2.45, 2.75) is 44.1 Å². The number of benzene rings is 1. The minimum Gasteiger partial charge on any atom is -0.506 e. The van der Waals surface area contributed by atoms with Crippen LogP contribution in [0.3, 0.4) is 0 Å². The molecule has 4 rings (SSSR count). The molecule has 3 heteroatoms. The van der Waals surface area contributed by atoms with Crippen molar-refractivity contribution < 1.29 is 5.11 Å². The zero-order valence-electron chi connectivity index (χ0n) is 13.0. The lowest BCUT2D eigenvalue weighted by molar-refractivity contribution is 0.212. The summed E-state index contributed by atoms with van der Waals surface area (Å²) >= 11 is 6.16. The molecule has 2 aliphatic carbocycles. The number of rotatable bonds is 0. The van der Waals surface area contributed by atoms with Gasteiger partial charge in [0, 0.05) is 18.5 Å². The van der Waals surface area contributed by atoms with Crippen molar-refractivity contribution in [1.29, 1.82) is 0 Å². The smallest absolute Gasteiger partial charge is 0.134 e. The highest BCUT2D eigenvalue weighted by Crippen LogP contribution is 2.47. The van der Waals surface area contributed by atoms with Crippen molar-refractivity contribution in [2.75, 3.05) is 13.6 Å². The predicted molar refractivity (Wildman–Crippen MR) is 90.6 cm³/mol. The number of halogens is 1. The number of phenolic OH excluding ortho intramolecular Hbond substituents is 1. The van der Waals surface area contributed by atoms with Gasteiger partial charge in [0.05, 0.1) is 5.02 Å². The highest BCUT2D eigenvalue weighted by Gasteiger charge is 2.37. The minimum absolute atomic E-state index is 0.219. The lowest BCUT2D eigenvalue weighted by Gasteiger charge is -2.40. The lowest BCUT2D eigenvalue weighted by atomic mass is 9.72. The molecule has 1 N–H and O–H groups in total. The van der Waals surface area contributed by atoms with E-state index >= 15 is 0 Å². The van der Waals surface area contributed by atoms with E-state index in [0.29, 0.717) is 17.0 Å². The molecule has 116 valence electrons. The Morgan fingerprint density at radius 2 is 2.09 bits per heavy atom. The minimum atomic E-state index is 0.219. The molecular weight excluding hydrogens is 294 g/mol. The van der Waals surface area contributed by atoms with Gasteiger partial charge in [-0.05, 0) is 68.0 Å². The van der Waals surface area contributed by atoms with E-state index in [1.54, 1.807) is 5.57 Å². The molecule has 0 bridgehead atoms. The summed E-state index contributed by atoms with van der Waals surface area (Å²) in [4.78, 5) is 2.50. The maximum absolute atomic E-state index is 10.1. The van der Waals surface area contributed by atoms with Crippen molar-refractivity contribution in [2.24, 2.45) is 0 Å². The first kappa shape index (κ1) is 14.3. The molecular formula is C19H22ClNO. The highest BCUT2D eigenvalue weighted by molar-refractivity contribution is 6.32. The van der Waals surface area contributed by atoms with E-state index in [9.17, 15) is 5.11 Å². The summed E-state index contributed by atoms with van der Waals surface area (Å²) in [7, 11) is 2.24. The van der Waals surface area contributed by atoms with Gasteiger partial charge in [-0.2, -0.15) is 0 Å². The molecule has 0 saturated heterocycles. The van der Waals surface area contributed by atoms with Gasteiger partial charge in [0.15, 0.2) is 0 Å². The lowest BCUT2D eigenvalue weighted by Crippen LogP contribution is -2.39. The summed E-state index contributed by atoms with van der Waals surface area (Å²) in [5.41, 5.74) is 5.71. The van der Waals surface area contributed by atoms with Crippen LogP contribution in [-0.4, -0.2) is 29.6 Å². The standard InChI is InChI=1S/C19H22ClNO/c1-21-9-8-13-10-16(20)18(22)11-15(13)19-14-5-3-2-4-12(14)6-7-17(19)21/h3,5,10-11,17,19,22H,2,4,6-9H2,1H3/t17-,19+/m0/s1. The highest BCUT2D eigenvalue weighted by atomic mass is 35.5. The topological polar surface area (TPSA) is 23.5 Å². The fraction of sp³-hybridized carbons (Fsp3) is 0.474. The van der Waals surface area contributed by atoms with Crippen LogP contribution < -0.4 is 0 Å². The summed E-state index contributed by atoms with van der Waals surface area (Å²) in [5, 5.41) is 10.6. The summed E-state index contributed by atoms with van der Waals surface area (Å²) in [6.07, 6.45) is 10.5. The maximum atomic E-state index is 10.1. The molecule has 1 aromatic rings. The molecule has 1 aromatic carbocycles. The Morgan fingerprint density at radius 1 is 1.23 bits per heavy atom. The first-order valence-electron chi connectivity index (χ1n) is 8.25. The zero-order valence-corrected chi connectivity index (χ0v) is 13.7. The quantitative estimate of drug-likeness (QED) is 0.765. The van der Waals surface area contributed by atoms with E-state index in [-0.39, 0.29) is 5.75 Å². The van der Waals surface area contributed by atoms with Gasteiger partial charge >= 0.3 is 0 Å². The second-order valence-corrected chi connectivity index (χ2v) is 7.22. The van der Waals surface area contributed by atoms with Crippen molar-refractivity contribution in [3.63, 3.8) is 0 Å². The Bertz CT molecular complexity index is 676. The van der Waals surface area contributed by atoms with Crippen LogP contribution in [0, 0.1) is 0 Å². The number of likely N-dealkylation sites (N-methyl/N-ethyl adjacent to an activating group) is 1. The van der Waals surface area contributed by atoms with Crippen LogP contribution in [0.25, 0.3) is 0 Å². The van der Waals surface area contributed by atoms with Crippen molar-refractivity contribution in [1.82, 2.24) is 4.90 Å². The Hall–Kier alpha value is -1.25. The number of nitrogens with zero attached hydrogens (tertiary/aromatic N) is 1. The van der Waals surface area contributed by atoms with E-state index < -0.39 is 0 Å². The van der Waals surface area contributed by atoms with Crippen LogP contribution in [0.15, 0.2) is 35.4 Å². The average Bonchev–Trinajstić information content (AvgIpc) is 2.66. The average molecular weight is 316 g/mol. The van der Waals surface area contributed by atoms with E-state index in [4.69, 9.17) is 11.6 Å². The number of phenols is 1. The molecule has 22 heavy (non-hydrogen) atoms. The molecule has 0 amide bonds. The molecule has 0 aromatic heterocycles. The number of allylic oxidation sites excluding steroid dienone is 3. The first-order chi connectivity index (χ1) is 10.6. The van der Waals surface area contributed by atoms with Crippen molar-refractivity contribution >= 4 is 11.6 Å². The fourth-order valence-corrected chi connectivity index (χ4v) is 4.64. The van der Waals surface area contributed by atoms with E-state index in [2.05, 4.69) is 24.1 Å². The maximum Gasteiger partial charge on any atom is 0.134 e. The molecule has 3 aliphatic rings. The third-order valence-electron chi connectivity index (χ3n) is 5.62. The van der Waals surface area contributed by atoms with Gasteiger partial charge in [0.25, 0.3) is 0 Å². The monoisotopic (exact) mass is 315 g/mol. The summed E-state index contributed by atoms with van der Waals surface area (Å²) in [6.45, 7) is 1.06. The summed E-state index contributed by atoms with van der Waals surface area (Å²) < 4.78 is 0. The SMILES string of the molecule is CN1CCc2cc(Cl)c(O)cc2[C@H]2C3=C(CCC=C3)CC[C@@H]21. The van der Waals surface area contributed by atoms with Crippen LogP contribution in [0.5, 0.6) is 5.75 Å². The van der Waals surface area contributed by atoms with Crippen LogP contribution in [0.4, 0.5) is 0 Å². The molecule has 0 saturated carbocycles. The Kier molecular flexibility index (Phi) is 3.54. The number of hydrogen-bond acceptors (Lipinski definition) is 2. The van der Waals surface area contributed by atoms with Crippen LogP contribution in [0.2, 0.25) is 5.02 Å². The van der Waals surface area contributed by atoms with Gasteiger partial charge in [0.1, 0.15) is 5.75 Å². The van der Waals surface area contributed by atoms with Gasteiger partial charge in [0.2, 0.25) is 0 Å². The Balaban J connectivity index is 1.91. The molecule has 1 heterocycles. The van der Waals surface area contributed by atoms with E-state index in [0.717, 1.165) is 13.0 Å². The fourth-order valence-electron chi connectivity index (χ4n) is 4.46. The van der Waals surface area contributed by atoms with Crippen molar-refractivity contribution in [3.05, 3.63) is 51.6 Å². The first-order valence-corrected chi connectivity index (χ1v) is 8.63. The molecule has 0 spiro atoms. The molecule has 0 fully saturated rings. The molecule has 1 aliphatic heterocycles. The van der Waals surface area contributed by atoms with Gasteiger partial charge in [-0.15, -0.1) is 0 Å². The summed E-state index contributed by atoms with van der Waals surface area (Å²) in [5.74, 6) is 0.599. The third kappa shape index (κ3) is 2.21. The molecule has 0 radical (unpaired) electrons. The normalized spacial score (nSPS) is 27.9. The second kappa shape index (κ2) is 5.43. The van der Waals surface area contributed by atoms with E-state index in [1.807, 2.05) is 12.1 Å². The van der Waals surface area contributed by atoms with Gasteiger partial charge in [-0.3, -0.25) is 0 Å². The second-order valence-electron chi connectivity index (χ2n) is 6.82. The van der Waals surface area contributed by atoms with Crippen LogP contribution in [0.1, 0.15) is 42.7 Å². The predicted octanol–water partition coefficient (Wildman–Crippen LogP) is 4.43. The molecule has 0 unspecified atom stereocenters. The number of hydrogen-bond donors (Lipinski definition) is 1. The number of fused-ring (bicyclic) bond motifs is 4. The Morgan fingerprint density at radius 3 is 2.95 bits per heavy atom. The van der Waals surface area contributed by atoms with Gasteiger partial charge in [-0.25, -0.2) is 0 Å². The van der Waals surface area contributed by atoms with E-state index in [1.165, 1.54) is 42.4 Å². The van der Waals surface area contributed by atoms with Gasteiger partial charge < -0.3 is 10.0 Å². The van der Waals surface area contributed by atoms with Crippen molar-refractivity contribution in [3.8, 4) is 5.75 Å². The Labute approximate surface area is 137 Å². The largest absolute Gasteiger partial charge is 0.506 e. The van der Waals surface area contributed by atoms with Crippen LogP contribution in [-0.2, 0) is 6.42 Å².